The van der Waals surface area contributed by atoms with Crippen molar-refractivity contribution in [3.63, 3.8) is 0 Å². The maximum absolute atomic E-state index is 12.0. The van der Waals surface area contributed by atoms with E-state index in [2.05, 4.69) is 27.4 Å². The second kappa shape index (κ2) is 13.3. The number of unbranched alkanes of at least 4 members (excludes halogenated alkanes) is 1. The lowest BCUT2D eigenvalue weighted by Crippen LogP contribution is -2.46. The van der Waals surface area contributed by atoms with Crippen LogP contribution < -0.4 is 16.0 Å². The molecule has 1 aliphatic heterocycles. The molecule has 6 N–H and O–H groups in total. The van der Waals surface area contributed by atoms with Gasteiger partial charge < -0.3 is 30.8 Å². The van der Waals surface area contributed by atoms with Gasteiger partial charge in [-0.25, -0.2) is 4.57 Å². The highest BCUT2D eigenvalue weighted by Crippen LogP contribution is 2.48. The lowest BCUT2D eigenvalue weighted by Gasteiger charge is -2.29. The average Bonchev–Trinajstić information content (AvgIpc) is 3.44. The topological polar surface area (TPSA) is 174 Å². The molecular formula is C19H34N3O8PS. The number of aliphatic hydroxyl groups is 1. The molecule has 0 spiro atoms. The van der Waals surface area contributed by atoms with Gasteiger partial charge in [-0.15, -0.1) is 11.8 Å². The van der Waals surface area contributed by atoms with E-state index in [1.807, 2.05) is 0 Å². The smallest absolute Gasteiger partial charge is 0.383 e. The highest BCUT2D eigenvalue weighted by molar-refractivity contribution is 8.11. The van der Waals surface area contributed by atoms with Gasteiger partial charge in [0.1, 0.15) is 6.10 Å². The third kappa shape index (κ3) is 12.0. The number of carbonyl (C=O) groups excluding carboxylic acids is 3. The SMILES string of the molecule is CCCCC1S/C1=C/C(=O)NCCNC(=O)CCNC(=O)[C@H](O)C(C)(C)COP(=O)(O)O. The predicted molar refractivity (Wildman–Crippen MR) is 120 cm³/mol. The van der Waals surface area contributed by atoms with Crippen LogP contribution in [0.2, 0.25) is 0 Å². The number of hydrogen-bond donors (Lipinski definition) is 6. The zero-order valence-corrected chi connectivity index (χ0v) is 20.3. The predicted octanol–water partition coefficient (Wildman–Crippen LogP) is 0.411. The third-order valence-electron chi connectivity index (χ3n) is 4.62. The van der Waals surface area contributed by atoms with Crippen LogP contribution in [-0.2, 0) is 23.5 Å². The van der Waals surface area contributed by atoms with E-state index in [9.17, 15) is 24.1 Å². The molecule has 0 radical (unpaired) electrons. The van der Waals surface area contributed by atoms with Crippen LogP contribution in [-0.4, -0.2) is 70.2 Å². The molecule has 3 amide bonds. The fourth-order valence-corrected chi connectivity index (χ4v) is 3.99. The fraction of sp³-hybridized carbons (Fsp3) is 0.737. The van der Waals surface area contributed by atoms with Gasteiger partial charge in [-0.3, -0.25) is 18.9 Å². The van der Waals surface area contributed by atoms with Crippen LogP contribution in [0.15, 0.2) is 11.0 Å². The monoisotopic (exact) mass is 495 g/mol. The van der Waals surface area contributed by atoms with Gasteiger partial charge in [0.15, 0.2) is 0 Å². The first-order valence-electron chi connectivity index (χ1n) is 10.4. The number of rotatable bonds is 15. The summed E-state index contributed by atoms with van der Waals surface area (Å²) in [6.07, 6.45) is 3.33. The van der Waals surface area contributed by atoms with Crippen molar-refractivity contribution < 1.29 is 38.4 Å². The Morgan fingerprint density at radius 2 is 1.84 bits per heavy atom. The molecular weight excluding hydrogens is 461 g/mol. The number of hydrogen-bond acceptors (Lipinski definition) is 7. The molecule has 1 heterocycles. The largest absolute Gasteiger partial charge is 0.469 e. The summed E-state index contributed by atoms with van der Waals surface area (Å²) in [6.45, 7) is 4.90. The normalized spacial score (nSPS) is 18.2. The van der Waals surface area contributed by atoms with Crippen LogP contribution in [0.4, 0.5) is 0 Å². The Bertz CT molecular complexity index is 740. The van der Waals surface area contributed by atoms with Crippen molar-refractivity contribution in [3.8, 4) is 0 Å². The summed E-state index contributed by atoms with van der Waals surface area (Å²) in [7, 11) is -4.72. The Labute approximate surface area is 192 Å². The molecule has 11 nitrogen and oxygen atoms in total. The van der Waals surface area contributed by atoms with Gasteiger partial charge in [-0.1, -0.05) is 33.6 Å². The van der Waals surface area contributed by atoms with Crippen LogP contribution in [0.1, 0.15) is 46.5 Å². The summed E-state index contributed by atoms with van der Waals surface area (Å²) in [6, 6.07) is 0. The van der Waals surface area contributed by atoms with E-state index in [1.165, 1.54) is 13.8 Å². The number of carbonyl (C=O) groups is 3. The molecule has 0 bridgehead atoms. The van der Waals surface area contributed by atoms with Crippen molar-refractivity contribution in [2.24, 2.45) is 5.41 Å². The Balaban J connectivity index is 2.17. The highest BCUT2D eigenvalue weighted by Gasteiger charge is 2.36. The van der Waals surface area contributed by atoms with E-state index < -0.39 is 31.9 Å². The second-order valence-electron chi connectivity index (χ2n) is 8.13. The maximum atomic E-state index is 12.0. The van der Waals surface area contributed by atoms with Crippen LogP contribution in [0.25, 0.3) is 0 Å². The molecule has 0 saturated carbocycles. The molecule has 2 atom stereocenters. The third-order valence-corrected chi connectivity index (χ3v) is 6.28. The first-order valence-corrected chi connectivity index (χ1v) is 12.9. The summed E-state index contributed by atoms with van der Waals surface area (Å²) in [5.41, 5.74) is -1.25. The first kappa shape index (κ1) is 28.6. The lowest BCUT2D eigenvalue weighted by molar-refractivity contribution is -0.137. The molecule has 0 aromatic carbocycles. The van der Waals surface area contributed by atoms with Crippen molar-refractivity contribution in [1.29, 1.82) is 0 Å². The van der Waals surface area contributed by atoms with Crippen LogP contribution in [0.5, 0.6) is 0 Å². The zero-order chi connectivity index (χ0) is 24.4. The molecule has 1 rings (SSSR count). The van der Waals surface area contributed by atoms with Crippen LogP contribution >= 0.6 is 19.6 Å². The van der Waals surface area contributed by atoms with Crippen molar-refractivity contribution in [2.75, 3.05) is 26.2 Å². The summed E-state index contributed by atoms with van der Waals surface area (Å²) in [4.78, 5) is 54.2. The summed E-state index contributed by atoms with van der Waals surface area (Å²) < 4.78 is 15.1. The van der Waals surface area contributed by atoms with Gasteiger partial charge in [0.2, 0.25) is 17.7 Å². The van der Waals surface area contributed by atoms with Gasteiger partial charge in [0.25, 0.3) is 0 Å². The van der Waals surface area contributed by atoms with E-state index in [0.29, 0.717) is 5.25 Å². The Hall–Kier alpha value is -1.43. The zero-order valence-electron chi connectivity index (χ0n) is 18.6. The Morgan fingerprint density at radius 1 is 1.19 bits per heavy atom. The standard InChI is InChI=1S/C19H34N3O8PS/c1-4-5-6-13-14(32-13)11-16(24)21-10-9-20-15(23)7-8-22-18(26)17(25)19(2,3)12-30-31(27,28)29/h11,13,17,25H,4-10,12H2,1-3H3,(H,20,23)(H,21,24)(H,22,26)(H2,27,28,29)/b14-11+/t13?,17-/m0/s1. The van der Waals surface area contributed by atoms with Gasteiger partial charge in [-0.2, -0.15) is 0 Å². The molecule has 1 fully saturated rings. The minimum atomic E-state index is -4.72. The molecule has 32 heavy (non-hydrogen) atoms. The fourth-order valence-electron chi connectivity index (χ4n) is 2.58. The molecule has 1 saturated heterocycles. The van der Waals surface area contributed by atoms with Gasteiger partial charge in [0.05, 0.1) is 6.61 Å². The van der Waals surface area contributed by atoms with Crippen LogP contribution in [0, 0.1) is 5.41 Å². The number of nitrogens with one attached hydrogen (secondary N) is 3. The highest BCUT2D eigenvalue weighted by atomic mass is 32.2. The summed E-state index contributed by atoms with van der Waals surface area (Å²) >= 11 is 1.70. The van der Waals surface area contributed by atoms with Crippen molar-refractivity contribution in [2.45, 2.75) is 57.8 Å². The summed E-state index contributed by atoms with van der Waals surface area (Å²) in [5, 5.41) is 18.2. The molecule has 0 aromatic rings. The first-order chi connectivity index (χ1) is 14.9. The van der Waals surface area contributed by atoms with E-state index >= 15 is 0 Å². The lowest BCUT2D eigenvalue weighted by atomic mass is 9.87. The number of aliphatic hydroxyl groups excluding tert-OH is 1. The molecule has 13 heteroatoms. The van der Waals surface area contributed by atoms with Crippen molar-refractivity contribution >= 4 is 37.3 Å². The summed E-state index contributed by atoms with van der Waals surface area (Å²) in [5.74, 6) is -1.31. The van der Waals surface area contributed by atoms with Crippen molar-refractivity contribution in [3.05, 3.63) is 11.0 Å². The number of phosphoric acid groups is 1. The number of amides is 3. The van der Waals surface area contributed by atoms with E-state index in [4.69, 9.17) is 9.79 Å². The maximum Gasteiger partial charge on any atom is 0.469 e. The Kier molecular flexibility index (Phi) is 11.9. The average molecular weight is 496 g/mol. The molecule has 184 valence electrons. The molecule has 0 aliphatic carbocycles. The molecule has 1 unspecified atom stereocenters. The second-order valence-corrected chi connectivity index (χ2v) is 10.6. The Morgan fingerprint density at radius 3 is 2.47 bits per heavy atom. The van der Waals surface area contributed by atoms with Gasteiger partial charge in [-0.05, 0) is 6.42 Å². The number of thioether (sulfide) groups is 1. The van der Waals surface area contributed by atoms with E-state index in [-0.39, 0.29) is 37.9 Å². The minimum absolute atomic E-state index is 0.0357. The van der Waals surface area contributed by atoms with E-state index in [0.717, 1.165) is 24.2 Å². The quantitative estimate of drug-likeness (QED) is 0.0814. The molecule has 0 aromatic heterocycles. The minimum Gasteiger partial charge on any atom is -0.383 e. The number of phosphoric ester groups is 1. The van der Waals surface area contributed by atoms with Crippen LogP contribution in [0.3, 0.4) is 0 Å². The van der Waals surface area contributed by atoms with Gasteiger partial charge >= 0.3 is 7.82 Å². The van der Waals surface area contributed by atoms with Crippen molar-refractivity contribution in [1.82, 2.24) is 16.0 Å². The van der Waals surface area contributed by atoms with E-state index in [1.54, 1.807) is 17.8 Å². The van der Waals surface area contributed by atoms with Gasteiger partial charge in [0, 0.05) is 47.7 Å². The molecule has 1 aliphatic rings.